The molecular formula is C19H25FN4O3. The van der Waals surface area contributed by atoms with Gasteiger partial charge in [0.1, 0.15) is 5.82 Å². The van der Waals surface area contributed by atoms with Gasteiger partial charge in [-0.2, -0.15) is 0 Å². The van der Waals surface area contributed by atoms with Crippen LogP contribution < -0.4 is 5.73 Å². The Morgan fingerprint density at radius 1 is 1.00 bits per heavy atom. The van der Waals surface area contributed by atoms with Gasteiger partial charge in [0.2, 0.25) is 11.8 Å². The third-order valence-corrected chi connectivity index (χ3v) is 5.21. The molecular weight excluding hydrogens is 351 g/mol. The van der Waals surface area contributed by atoms with E-state index in [9.17, 15) is 18.8 Å². The molecule has 3 rings (SSSR count). The van der Waals surface area contributed by atoms with Gasteiger partial charge < -0.3 is 15.5 Å². The van der Waals surface area contributed by atoms with Gasteiger partial charge in [0.25, 0.3) is 5.91 Å². The second-order valence-electron chi connectivity index (χ2n) is 7.16. The van der Waals surface area contributed by atoms with Crippen molar-refractivity contribution < 1.29 is 18.8 Å². The molecule has 1 aromatic carbocycles. The summed E-state index contributed by atoms with van der Waals surface area (Å²) in [6.45, 7) is 3.58. The molecule has 0 radical (unpaired) electrons. The van der Waals surface area contributed by atoms with E-state index >= 15 is 0 Å². The van der Waals surface area contributed by atoms with Crippen LogP contribution in [0.3, 0.4) is 0 Å². The molecule has 0 aromatic heterocycles. The highest BCUT2D eigenvalue weighted by Crippen LogP contribution is 2.21. The normalized spacial score (nSPS) is 21.1. The van der Waals surface area contributed by atoms with Crippen LogP contribution in [0.4, 0.5) is 4.39 Å². The summed E-state index contributed by atoms with van der Waals surface area (Å²) >= 11 is 0. The highest BCUT2D eigenvalue weighted by atomic mass is 19.1. The number of likely N-dealkylation sites (tertiary alicyclic amines) is 1. The van der Waals surface area contributed by atoms with Crippen molar-refractivity contribution in [2.45, 2.75) is 12.8 Å². The number of hydrogen-bond donors (Lipinski definition) is 1. The van der Waals surface area contributed by atoms with Crippen molar-refractivity contribution in [3.05, 3.63) is 35.6 Å². The summed E-state index contributed by atoms with van der Waals surface area (Å²) in [6, 6.07) is 5.49. The zero-order valence-corrected chi connectivity index (χ0v) is 15.3. The van der Waals surface area contributed by atoms with Crippen molar-refractivity contribution in [3.8, 4) is 0 Å². The molecule has 1 unspecified atom stereocenters. The number of hydrogen-bond acceptors (Lipinski definition) is 4. The summed E-state index contributed by atoms with van der Waals surface area (Å²) in [7, 11) is 0. The number of nitrogens with zero attached hydrogens (tertiary/aromatic N) is 3. The predicted molar refractivity (Wildman–Crippen MR) is 97.2 cm³/mol. The number of rotatable bonds is 4. The molecule has 1 atom stereocenters. The van der Waals surface area contributed by atoms with E-state index in [0.717, 1.165) is 12.8 Å². The summed E-state index contributed by atoms with van der Waals surface area (Å²) in [5.41, 5.74) is 5.65. The van der Waals surface area contributed by atoms with Crippen LogP contribution in [0, 0.1) is 11.7 Å². The smallest absolute Gasteiger partial charge is 0.253 e. The molecule has 0 spiro atoms. The summed E-state index contributed by atoms with van der Waals surface area (Å²) in [5.74, 6) is -1.07. The number of amides is 3. The van der Waals surface area contributed by atoms with Crippen LogP contribution >= 0.6 is 0 Å². The number of benzene rings is 1. The van der Waals surface area contributed by atoms with E-state index in [1.807, 2.05) is 9.80 Å². The SMILES string of the molecule is NC(=O)CN1CCN(C(=O)C2CCCN(C(=O)c3ccc(F)cc3)C2)CC1. The topological polar surface area (TPSA) is 87.0 Å². The molecule has 1 aromatic rings. The Balaban J connectivity index is 1.56. The zero-order valence-electron chi connectivity index (χ0n) is 15.3. The summed E-state index contributed by atoms with van der Waals surface area (Å²) in [4.78, 5) is 41.9. The second kappa shape index (κ2) is 8.47. The fourth-order valence-electron chi connectivity index (χ4n) is 3.74. The van der Waals surface area contributed by atoms with Crippen LogP contribution in [0.25, 0.3) is 0 Å². The van der Waals surface area contributed by atoms with Crippen LogP contribution in [0.15, 0.2) is 24.3 Å². The molecule has 2 N–H and O–H groups in total. The van der Waals surface area contributed by atoms with E-state index in [4.69, 9.17) is 5.73 Å². The van der Waals surface area contributed by atoms with Crippen molar-refractivity contribution >= 4 is 17.7 Å². The van der Waals surface area contributed by atoms with Gasteiger partial charge in [-0.25, -0.2) is 4.39 Å². The third kappa shape index (κ3) is 4.82. The van der Waals surface area contributed by atoms with Crippen molar-refractivity contribution in [2.24, 2.45) is 11.7 Å². The van der Waals surface area contributed by atoms with E-state index in [0.29, 0.717) is 44.8 Å². The molecule has 2 aliphatic rings. The Labute approximate surface area is 157 Å². The fraction of sp³-hybridized carbons (Fsp3) is 0.526. The molecule has 7 nitrogen and oxygen atoms in total. The fourth-order valence-corrected chi connectivity index (χ4v) is 3.74. The third-order valence-electron chi connectivity index (χ3n) is 5.21. The summed E-state index contributed by atoms with van der Waals surface area (Å²) in [5, 5.41) is 0. The maximum atomic E-state index is 13.1. The number of primary amides is 1. The van der Waals surface area contributed by atoms with Crippen molar-refractivity contribution in [1.29, 1.82) is 0 Å². The van der Waals surface area contributed by atoms with Crippen LogP contribution in [0.2, 0.25) is 0 Å². The molecule has 27 heavy (non-hydrogen) atoms. The van der Waals surface area contributed by atoms with E-state index in [1.54, 1.807) is 4.90 Å². The summed E-state index contributed by atoms with van der Waals surface area (Å²) < 4.78 is 13.1. The van der Waals surface area contributed by atoms with E-state index < -0.39 is 0 Å². The number of nitrogens with two attached hydrogens (primary N) is 1. The van der Waals surface area contributed by atoms with Gasteiger partial charge in [0, 0.05) is 44.8 Å². The van der Waals surface area contributed by atoms with E-state index in [1.165, 1.54) is 24.3 Å². The first-order valence-electron chi connectivity index (χ1n) is 9.28. The molecule has 2 saturated heterocycles. The van der Waals surface area contributed by atoms with Gasteiger partial charge in [0.05, 0.1) is 12.5 Å². The number of piperidine rings is 1. The summed E-state index contributed by atoms with van der Waals surface area (Å²) in [6.07, 6.45) is 1.53. The average Bonchev–Trinajstić information content (AvgIpc) is 2.68. The number of piperazine rings is 1. The Morgan fingerprint density at radius 3 is 2.30 bits per heavy atom. The monoisotopic (exact) mass is 376 g/mol. The molecule has 2 aliphatic heterocycles. The molecule has 0 bridgehead atoms. The molecule has 0 saturated carbocycles. The van der Waals surface area contributed by atoms with E-state index in [-0.39, 0.29) is 36.0 Å². The van der Waals surface area contributed by atoms with E-state index in [2.05, 4.69) is 0 Å². The number of halogens is 1. The lowest BCUT2D eigenvalue weighted by molar-refractivity contribution is -0.138. The molecule has 3 amide bonds. The van der Waals surface area contributed by atoms with Crippen molar-refractivity contribution in [2.75, 3.05) is 45.8 Å². The van der Waals surface area contributed by atoms with Gasteiger partial charge in [-0.05, 0) is 37.1 Å². The van der Waals surface area contributed by atoms with Gasteiger partial charge in [-0.1, -0.05) is 0 Å². The maximum Gasteiger partial charge on any atom is 0.253 e. The lowest BCUT2D eigenvalue weighted by Crippen LogP contribution is -2.54. The standard InChI is InChI=1S/C19H25FN4O3/c20-16-5-3-14(4-6-16)18(26)24-7-1-2-15(12-24)19(27)23-10-8-22(9-11-23)13-17(21)25/h3-6,15H,1-2,7-13H2,(H2,21,25). The van der Waals surface area contributed by atoms with Crippen LogP contribution in [-0.2, 0) is 9.59 Å². The maximum absolute atomic E-state index is 13.1. The van der Waals surface area contributed by atoms with Crippen LogP contribution in [-0.4, -0.2) is 78.2 Å². The first-order chi connectivity index (χ1) is 12.9. The van der Waals surface area contributed by atoms with Crippen molar-refractivity contribution in [1.82, 2.24) is 14.7 Å². The Kier molecular flexibility index (Phi) is 6.05. The molecule has 0 aliphatic carbocycles. The highest BCUT2D eigenvalue weighted by Gasteiger charge is 2.33. The van der Waals surface area contributed by atoms with Gasteiger partial charge >= 0.3 is 0 Å². The largest absolute Gasteiger partial charge is 0.369 e. The molecule has 146 valence electrons. The minimum absolute atomic E-state index is 0.0605. The lowest BCUT2D eigenvalue weighted by Gasteiger charge is -2.38. The highest BCUT2D eigenvalue weighted by molar-refractivity contribution is 5.94. The second-order valence-corrected chi connectivity index (χ2v) is 7.16. The Bertz CT molecular complexity index is 701. The van der Waals surface area contributed by atoms with Gasteiger partial charge in [0.15, 0.2) is 0 Å². The molecule has 2 heterocycles. The number of carbonyl (C=O) groups excluding carboxylic acids is 3. The zero-order chi connectivity index (χ0) is 19.4. The predicted octanol–water partition coefficient (Wildman–Crippen LogP) is 0.307. The minimum Gasteiger partial charge on any atom is -0.369 e. The lowest BCUT2D eigenvalue weighted by atomic mass is 9.95. The van der Waals surface area contributed by atoms with Crippen molar-refractivity contribution in [3.63, 3.8) is 0 Å². The Morgan fingerprint density at radius 2 is 1.67 bits per heavy atom. The number of carbonyl (C=O) groups is 3. The van der Waals surface area contributed by atoms with Crippen LogP contribution in [0.5, 0.6) is 0 Å². The molecule has 8 heteroatoms. The van der Waals surface area contributed by atoms with Crippen LogP contribution in [0.1, 0.15) is 23.2 Å². The van der Waals surface area contributed by atoms with Gasteiger partial charge in [-0.3, -0.25) is 19.3 Å². The minimum atomic E-state index is -0.381. The Hall–Kier alpha value is -2.48. The quantitative estimate of drug-likeness (QED) is 0.819. The first-order valence-corrected chi connectivity index (χ1v) is 9.28. The molecule has 2 fully saturated rings. The van der Waals surface area contributed by atoms with Gasteiger partial charge in [-0.15, -0.1) is 0 Å². The first kappa shape index (κ1) is 19.3. The average molecular weight is 376 g/mol.